The number of amides is 2. The van der Waals surface area contributed by atoms with Crippen LogP contribution in [0.15, 0.2) is 60.0 Å². The minimum atomic E-state index is -0.842. The Balaban J connectivity index is 1.49. The molecule has 1 aliphatic carbocycles. The Labute approximate surface area is 214 Å². The van der Waals surface area contributed by atoms with E-state index in [0.717, 1.165) is 36.1 Å². The van der Waals surface area contributed by atoms with E-state index in [0.29, 0.717) is 17.1 Å². The van der Waals surface area contributed by atoms with Gasteiger partial charge in [0.25, 0.3) is 0 Å². The van der Waals surface area contributed by atoms with Crippen molar-refractivity contribution in [2.45, 2.75) is 57.2 Å². The number of rotatable bonds is 8. The van der Waals surface area contributed by atoms with Gasteiger partial charge in [-0.25, -0.2) is 0 Å². The molecular formula is C28H30N2O5S. The summed E-state index contributed by atoms with van der Waals surface area (Å²) in [5, 5.41) is 15.0. The molecule has 0 spiro atoms. The van der Waals surface area contributed by atoms with E-state index in [9.17, 15) is 14.7 Å². The Hall–Kier alpha value is -3.52. The molecule has 1 saturated carbocycles. The van der Waals surface area contributed by atoms with Gasteiger partial charge in [-0.1, -0.05) is 43.5 Å². The first-order valence-corrected chi connectivity index (χ1v) is 13.2. The van der Waals surface area contributed by atoms with E-state index in [1.807, 2.05) is 35.7 Å². The van der Waals surface area contributed by atoms with Crippen LogP contribution in [0.2, 0.25) is 0 Å². The predicted molar refractivity (Wildman–Crippen MR) is 137 cm³/mol. The standard InChI is InChI=1S/C28H30N2O5S/c31-22-11-9-20(10-12-22)27(28(33)29-21-5-2-1-3-6-21)30(26(32)16-23-7-4-14-36-23)17-19-8-13-24-25(15-19)35-18-34-24/h4,7-15,21,27,31H,1-3,5-6,16-18H2,(H,29,33)/t27-/m1/s1. The maximum Gasteiger partial charge on any atom is 0.247 e. The van der Waals surface area contributed by atoms with Crippen molar-refractivity contribution in [3.8, 4) is 17.2 Å². The molecule has 0 saturated heterocycles. The minimum Gasteiger partial charge on any atom is -0.508 e. The zero-order valence-corrected chi connectivity index (χ0v) is 20.8. The molecule has 2 N–H and O–H groups in total. The van der Waals surface area contributed by atoms with Gasteiger partial charge in [0.15, 0.2) is 11.5 Å². The Morgan fingerprint density at radius 1 is 1.03 bits per heavy atom. The van der Waals surface area contributed by atoms with Crippen molar-refractivity contribution in [1.82, 2.24) is 10.2 Å². The quantitative estimate of drug-likeness (QED) is 0.452. The minimum absolute atomic E-state index is 0.102. The van der Waals surface area contributed by atoms with E-state index < -0.39 is 6.04 Å². The summed E-state index contributed by atoms with van der Waals surface area (Å²) in [5.74, 6) is 1.06. The summed E-state index contributed by atoms with van der Waals surface area (Å²) in [6, 6.07) is 15.2. The van der Waals surface area contributed by atoms with Crippen molar-refractivity contribution >= 4 is 23.2 Å². The lowest BCUT2D eigenvalue weighted by Crippen LogP contribution is -2.47. The predicted octanol–water partition coefficient (Wildman–Crippen LogP) is 4.94. The summed E-state index contributed by atoms with van der Waals surface area (Å²) in [6.07, 6.45) is 5.45. The fourth-order valence-electron chi connectivity index (χ4n) is 4.88. The second-order valence-electron chi connectivity index (χ2n) is 9.30. The number of phenolic OH excluding ortho intramolecular Hbond substituents is 1. The molecule has 2 aliphatic rings. The highest BCUT2D eigenvalue weighted by atomic mass is 32.1. The monoisotopic (exact) mass is 506 g/mol. The lowest BCUT2D eigenvalue weighted by molar-refractivity contribution is -0.141. The molecule has 3 aromatic rings. The van der Waals surface area contributed by atoms with E-state index in [1.165, 1.54) is 17.8 Å². The summed E-state index contributed by atoms with van der Waals surface area (Å²) in [6.45, 7) is 0.393. The molecule has 1 fully saturated rings. The number of ether oxygens (including phenoxy) is 2. The summed E-state index contributed by atoms with van der Waals surface area (Å²) in [7, 11) is 0. The van der Waals surface area contributed by atoms with Crippen LogP contribution in [0, 0.1) is 0 Å². The van der Waals surface area contributed by atoms with Crippen LogP contribution in [0.3, 0.4) is 0 Å². The first-order chi connectivity index (χ1) is 17.6. The van der Waals surface area contributed by atoms with Gasteiger partial charge in [-0.05, 0) is 59.7 Å². The Morgan fingerprint density at radius 3 is 2.56 bits per heavy atom. The number of aromatic hydroxyl groups is 1. The third-order valence-electron chi connectivity index (χ3n) is 6.74. The summed E-state index contributed by atoms with van der Waals surface area (Å²) in [4.78, 5) is 30.2. The van der Waals surface area contributed by atoms with E-state index in [2.05, 4.69) is 5.32 Å². The lowest BCUT2D eigenvalue weighted by atomic mass is 9.94. The lowest BCUT2D eigenvalue weighted by Gasteiger charge is -2.33. The van der Waals surface area contributed by atoms with Crippen LogP contribution in [0.4, 0.5) is 0 Å². The fourth-order valence-corrected chi connectivity index (χ4v) is 5.58. The van der Waals surface area contributed by atoms with Gasteiger partial charge in [0, 0.05) is 17.5 Å². The average molecular weight is 507 g/mol. The van der Waals surface area contributed by atoms with Gasteiger partial charge in [-0.2, -0.15) is 0 Å². The number of carbonyl (C=O) groups excluding carboxylic acids is 2. The van der Waals surface area contributed by atoms with Gasteiger partial charge in [0.1, 0.15) is 11.8 Å². The van der Waals surface area contributed by atoms with Crippen LogP contribution in [-0.2, 0) is 22.6 Å². The largest absolute Gasteiger partial charge is 0.508 e. The number of carbonyl (C=O) groups is 2. The van der Waals surface area contributed by atoms with Crippen molar-refractivity contribution in [3.05, 3.63) is 76.0 Å². The molecule has 2 heterocycles. The molecular weight excluding hydrogens is 476 g/mol. The van der Waals surface area contributed by atoms with Crippen LogP contribution in [0.25, 0.3) is 0 Å². The number of hydrogen-bond acceptors (Lipinski definition) is 6. The highest BCUT2D eigenvalue weighted by molar-refractivity contribution is 7.10. The summed E-state index contributed by atoms with van der Waals surface area (Å²) >= 11 is 1.52. The Bertz CT molecular complexity index is 1190. The zero-order valence-electron chi connectivity index (χ0n) is 20.0. The molecule has 188 valence electrons. The highest BCUT2D eigenvalue weighted by Crippen LogP contribution is 2.34. The van der Waals surface area contributed by atoms with Crippen molar-refractivity contribution in [2.75, 3.05) is 6.79 Å². The molecule has 2 aromatic carbocycles. The Kier molecular flexibility index (Phi) is 7.41. The molecule has 1 atom stereocenters. The number of benzene rings is 2. The van der Waals surface area contributed by atoms with Crippen LogP contribution in [0.5, 0.6) is 17.2 Å². The number of nitrogens with zero attached hydrogens (tertiary/aromatic N) is 1. The molecule has 2 amide bonds. The summed E-state index contributed by atoms with van der Waals surface area (Å²) in [5.41, 5.74) is 1.49. The second kappa shape index (κ2) is 11.0. The van der Waals surface area contributed by atoms with Gasteiger partial charge < -0.3 is 24.8 Å². The molecule has 0 radical (unpaired) electrons. The first kappa shape index (κ1) is 24.2. The van der Waals surface area contributed by atoms with E-state index in [1.54, 1.807) is 29.2 Å². The van der Waals surface area contributed by atoms with Gasteiger partial charge in [-0.15, -0.1) is 11.3 Å². The zero-order chi connectivity index (χ0) is 24.9. The van der Waals surface area contributed by atoms with Gasteiger partial charge in [0.2, 0.25) is 18.6 Å². The topological polar surface area (TPSA) is 88.1 Å². The second-order valence-corrected chi connectivity index (χ2v) is 10.3. The third-order valence-corrected chi connectivity index (χ3v) is 7.61. The molecule has 8 heteroatoms. The van der Waals surface area contributed by atoms with Crippen molar-refractivity contribution in [3.63, 3.8) is 0 Å². The normalized spacial score (nSPS) is 15.9. The molecule has 7 nitrogen and oxygen atoms in total. The summed E-state index contributed by atoms with van der Waals surface area (Å²) < 4.78 is 11.0. The average Bonchev–Trinajstić information content (AvgIpc) is 3.57. The van der Waals surface area contributed by atoms with Gasteiger partial charge >= 0.3 is 0 Å². The van der Waals surface area contributed by atoms with Crippen LogP contribution in [0.1, 0.15) is 54.1 Å². The van der Waals surface area contributed by atoms with E-state index in [-0.39, 0.29) is 43.4 Å². The number of fused-ring (bicyclic) bond motifs is 1. The third kappa shape index (κ3) is 5.65. The van der Waals surface area contributed by atoms with Crippen LogP contribution >= 0.6 is 11.3 Å². The molecule has 36 heavy (non-hydrogen) atoms. The highest BCUT2D eigenvalue weighted by Gasteiger charge is 2.33. The van der Waals surface area contributed by atoms with Crippen LogP contribution in [-0.4, -0.2) is 34.7 Å². The van der Waals surface area contributed by atoms with Crippen LogP contribution < -0.4 is 14.8 Å². The molecule has 0 unspecified atom stereocenters. The van der Waals surface area contributed by atoms with Crippen molar-refractivity contribution in [2.24, 2.45) is 0 Å². The SMILES string of the molecule is O=C(NC1CCCCC1)[C@@H](c1ccc(O)cc1)N(Cc1ccc2c(c1)OCO2)C(=O)Cc1cccs1. The molecule has 5 rings (SSSR count). The van der Waals surface area contributed by atoms with E-state index >= 15 is 0 Å². The maximum atomic E-state index is 13.8. The number of thiophene rings is 1. The smallest absolute Gasteiger partial charge is 0.247 e. The maximum absolute atomic E-state index is 13.8. The molecule has 1 aliphatic heterocycles. The Morgan fingerprint density at radius 2 is 1.81 bits per heavy atom. The number of nitrogens with one attached hydrogen (secondary N) is 1. The number of phenols is 1. The molecule has 0 bridgehead atoms. The van der Waals surface area contributed by atoms with E-state index in [4.69, 9.17) is 9.47 Å². The van der Waals surface area contributed by atoms with Crippen molar-refractivity contribution < 1.29 is 24.2 Å². The fraction of sp³-hybridized carbons (Fsp3) is 0.357. The first-order valence-electron chi connectivity index (χ1n) is 12.4. The van der Waals surface area contributed by atoms with Gasteiger partial charge in [0.05, 0.1) is 6.42 Å². The molecule has 1 aromatic heterocycles. The number of hydrogen-bond donors (Lipinski definition) is 2. The van der Waals surface area contributed by atoms with Crippen molar-refractivity contribution in [1.29, 1.82) is 0 Å². The van der Waals surface area contributed by atoms with Gasteiger partial charge in [-0.3, -0.25) is 9.59 Å².